The fourth-order valence-corrected chi connectivity index (χ4v) is 2.89. The average Bonchev–Trinajstić information content (AvgIpc) is 2.48. The first-order valence-electron chi connectivity index (χ1n) is 7.39. The summed E-state index contributed by atoms with van der Waals surface area (Å²) in [4.78, 5) is 2.33. The Kier molecular flexibility index (Phi) is 6.43. The van der Waals surface area contributed by atoms with Gasteiger partial charge in [0.2, 0.25) is 0 Å². The van der Waals surface area contributed by atoms with Crippen molar-refractivity contribution in [3.8, 4) is 0 Å². The number of hydrogen-bond acceptors (Lipinski definition) is 2. The minimum absolute atomic E-state index is 0.926. The molecule has 0 aliphatic rings. The second-order valence-corrected chi connectivity index (χ2v) is 6.22. The van der Waals surface area contributed by atoms with Gasteiger partial charge in [-0.15, -0.1) is 0 Å². The lowest BCUT2D eigenvalue weighted by Crippen LogP contribution is -2.17. The Morgan fingerprint density at radius 3 is 2.43 bits per heavy atom. The highest BCUT2D eigenvalue weighted by atomic mass is 79.9. The molecular weight excluding hydrogens is 324 g/mol. The quantitative estimate of drug-likeness (QED) is 0.808. The molecule has 0 bridgehead atoms. The summed E-state index contributed by atoms with van der Waals surface area (Å²) in [7, 11) is 2.16. The number of rotatable bonds is 7. The second kappa shape index (κ2) is 8.32. The number of nitrogens with zero attached hydrogens (tertiary/aromatic N) is 1. The van der Waals surface area contributed by atoms with Crippen LogP contribution in [0.25, 0.3) is 0 Å². The number of halogens is 1. The Morgan fingerprint density at radius 1 is 1.00 bits per heavy atom. The molecule has 2 nitrogen and oxygen atoms in total. The number of benzene rings is 2. The van der Waals surface area contributed by atoms with E-state index in [2.05, 4.69) is 88.6 Å². The highest BCUT2D eigenvalue weighted by Crippen LogP contribution is 2.20. The summed E-state index contributed by atoms with van der Waals surface area (Å²) in [5, 5.41) is 3.35. The van der Waals surface area contributed by atoms with Gasteiger partial charge in [0.05, 0.1) is 0 Å². The Balaban J connectivity index is 1.95. The summed E-state index contributed by atoms with van der Waals surface area (Å²) < 4.78 is 1.19. The van der Waals surface area contributed by atoms with E-state index in [1.54, 1.807) is 0 Å². The van der Waals surface area contributed by atoms with E-state index in [0.717, 1.165) is 26.2 Å². The van der Waals surface area contributed by atoms with E-state index < -0.39 is 0 Å². The van der Waals surface area contributed by atoms with Gasteiger partial charge in [-0.1, -0.05) is 65.3 Å². The molecule has 0 heterocycles. The van der Waals surface area contributed by atoms with Crippen LogP contribution in [-0.4, -0.2) is 18.5 Å². The molecule has 21 heavy (non-hydrogen) atoms. The predicted octanol–water partition coefficient (Wildman–Crippen LogP) is 4.19. The maximum absolute atomic E-state index is 3.70. The summed E-state index contributed by atoms with van der Waals surface area (Å²) in [6.07, 6.45) is 0. The molecule has 0 aliphatic heterocycles. The Labute approximate surface area is 136 Å². The van der Waals surface area contributed by atoms with Crippen LogP contribution in [0.1, 0.15) is 23.6 Å². The van der Waals surface area contributed by atoms with Crippen LogP contribution in [0.3, 0.4) is 0 Å². The van der Waals surface area contributed by atoms with Crippen LogP contribution >= 0.6 is 15.9 Å². The number of nitrogens with one attached hydrogen (secondary N) is 1. The highest BCUT2D eigenvalue weighted by Gasteiger charge is 2.06. The van der Waals surface area contributed by atoms with Gasteiger partial charge in [0.15, 0.2) is 0 Å². The topological polar surface area (TPSA) is 15.3 Å². The van der Waals surface area contributed by atoms with Crippen molar-refractivity contribution >= 4 is 15.9 Å². The zero-order chi connectivity index (χ0) is 15.1. The maximum atomic E-state index is 3.70. The van der Waals surface area contributed by atoms with E-state index in [-0.39, 0.29) is 0 Å². The van der Waals surface area contributed by atoms with Crippen LogP contribution in [0.5, 0.6) is 0 Å². The third kappa shape index (κ3) is 5.27. The molecule has 2 aromatic carbocycles. The molecule has 3 heteroatoms. The molecular formula is C18H23BrN2. The van der Waals surface area contributed by atoms with Crippen molar-refractivity contribution < 1.29 is 0 Å². The van der Waals surface area contributed by atoms with Gasteiger partial charge >= 0.3 is 0 Å². The monoisotopic (exact) mass is 346 g/mol. The molecule has 0 unspecified atom stereocenters. The van der Waals surface area contributed by atoms with Crippen LogP contribution in [0, 0.1) is 0 Å². The minimum Gasteiger partial charge on any atom is -0.313 e. The third-order valence-corrected chi connectivity index (χ3v) is 4.17. The molecule has 0 atom stereocenters. The molecule has 0 aromatic heterocycles. The van der Waals surface area contributed by atoms with Gasteiger partial charge in [-0.25, -0.2) is 0 Å². The van der Waals surface area contributed by atoms with E-state index >= 15 is 0 Å². The van der Waals surface area contributed by atoms with E-state index in [9.17, 15) is 0 Å². The number of hydrogen-bond donors (Lipinski definition) is 1. The predicted molar refractivity (Wildman–Crippen MR) is 93.1 cm³/mol. The van der Waals surface area contributed by atoms with Gasteiger partial charge in [-0.3, -0.25) is 4.90 Å². The zero-order valence-corrected chi connectivity index (χ0v) is 14.4. The molecule has 112 valence electrons. The van der Waals surface area contributed by atoms with E-state index in [1.165, 1.54) is 21.2 Å². The van der Waals surface area contributed by atoms with Gasteiger partial charge in [0, 0.05) is 24.1 Å². The Bertz CT molecular complexity index is 554. The van der Waals surface area contributed by atoms with Crippen LogP contribution in [0.2, 0.25) is 0 Å². The first kappa shape index (κ1) is 16.2. The fourth-order valence-electron chi connectivity index (χ4n) is 2.34. The molecule has 0 saturated heterocycles. The molecule has 0 aliphatic carbocycles. The third-order valence-electron chi connectivity index (χ3n) is 3.43. The normalized spacial score (nSPS) is 11.0. The fraction of sp³-hybridized carbons (Fsp3) is 0.333. The van der Waals surface area contributed by atoms with Crippen LogP contribution in [-0.2, 0) is 19.6 Å². The molecule has 0 radical (unpaired) electrons. The second-order valence-electron chi connectivity index (χ2n) is 5.36. The SMILES string of the molecule is CCNCc1ccc(CN(C)Cc2ccccc2)c(Br)c1. The Morgan fingerprint density at radius 2 is 1.76 bits per heavy atom. The maximum Gasteiger partial charge on any atom is 0.0245 e. The molecule has 2 rings (SSSR count). The molecule has 2 aromatic rings. The lowest BCUT2D eigenvalue weighted by molar-refractivity contribution is 0.318. The van der Waals surface area contributed by atoms with Crippen LogP contribution < -0.4 is 5.32 Å². The van der Waals surface area contributed by atoms with Crippen molar-refractivity contribution in [3.63, 3.8) is 0 Å². The molecule has 1 N–H and O–H groups in total. The molecule has 0 saturated carbocycles. The lowest BCUT2D eigenvalue weighted by Gasteiger charge is -2.18. The summed E-state index contributed by atoms with van der Waals surface area (Å²) >= 11 is 3.70. The highest BCUT2D eigenvalue weighted by molar-refractivity contribution is 9.10. The average molecular weight is 347 g/mol. The zero-order valence-electron chi connectivity index (χ0n) is 12.8. The van der Waals surface area contributed by atoms with Crippen molar-refractivity contribution in [2.75, 3.05) is 13.6 Å². The lowest BCUT2D eigenvalue weighted by atomic mass is 10.1. The molecule has 0 amide bonds. The van der Waals surface area contributed by atoms with Crippen molar-refractivity contribution in [1.29, 1.82) is 0 Å². The van der Waals surface area contributed by atoms with E-state index in [1.807, 2.05) is 0 Å². The molecule has 0 spiro atoms. The van der Waals surface area contributed by atoms with Gasteiger partial charge in [-0.05, 0) is 36.3 Å². The smallest absolute Gasteiger partial charge is 0.0245 e. The first-order chi connectivity index (χ1) is 10.2. The summed E-state index contributed by atoms with van der Waals surface area (Å²) in [6.45, 7) is 5.96. The van der Waals surface area contributed by atoms with Crippen LogP contribution in [0.15, 0.2) is 53.0 Å². The Hall–Kier alpha value is -1.16. The standard InChI is InChI=1S/C18H23BrN2/c1-3-20-12-16-9-10-17(18(19)11-16)14-21(2)13-15-7-5-4-6-8-15/h4-11,20H,3,12-14H2,1-2H3. The van der Waals surface area contributed by atoms with Crippen LogP contribution in [0.4, 0.5) is 0 Å². The summed E-state index contributed by atoms with van der Waals surface area (Å²) in [5.41, 5.74) is 3.99. The van der Waals surface area contributed by atoms with Crippen molar-refractivity contribution in [3.05, 3.63) is 69.7 Å². The van der Waals surface area contributed by atoms with Crippen molar-refractivity contribution in [2.45, 2.75) is 26.6 Å². The minimum atomic E-state index is 0.926. The van der Waals surface area contributed by atoms with Crippen molar-refractivity contribution in [2.24, 2.45) is 0 Å². The van der Waals surface area contributed by atoms with E-state index in [4.69, 9.17) is 0 Å². The van der Waals surface area contributed by atoms with Gasteiger partial charge in [0.25, 0.3) is 0 Å². The largest absolute Gasteiger partial charge is 0.313 e. The van der Waals surface area contributed by atoms with Gasteiger partial charge < -0.3 is 5.32 Å². The first-order valence-corrected chi connectivity index (χ1v) is 8.19. The summed E-state index contributed by atoms with van der Waals surface area (Å²) in [5.74, 6) is 0. The summed E-state index contributed by atoms with van der Waals surface area (Å²) in [6, 6.07) is 17.2. The van der Waals surface area contributed by atoms with Crippen molar-refractivity contribution in [1.82, 2.24) is 10.2 Å². The van der Waals surface area contributed by atoms with Gasteiger partial charge in [0.1, 0.15) is 0 Å². The van der Waals surface area contributed by atoms with E-state index in [0.29, 0.717) is 0 Å². The molecule has 0 fully saturated rings. The van der Waals surface area contributed by atoms with Gasteiger partial charge in [-0.2, -0.15) is 0 Å².